The molecule has 8 nitrogen and oxygen atoms in total. The van der Waals surface area contributed by atoms with Crippen LogP contribution in [0.4, 0.5) is 24.7 Å². The zero-order chi connectivity index (χ0) is 28.9. The van der Waals surface area contributed by atoms with E-state index >= 15 is 0 Å². The monoisotopic (exact) mass is 538 g/mol. The number of nitrogens with one attached hydrogen (secondary N) is 1. The third kappa shape index (κ3) is 6.61. The van der Waals surface area contributed by atoms with Gasteiger partial charge in [0.1, 0.15) is 30.6 Å². The molecule has 2 aromatic carbocycles. The van der Waals surface area contributed by atoms with Crippen molar-refractivity contribution in [3.8, 4) is 22.4 Å². The number of carbonyl (C=O) groups is 2. The van der Waals surface area contributed by atoms with Gasteiger partial charge in [-0.2, -0.15) is 13.2 Å². The number of nitrogen functional groups attached to an aromatic ring is 1. The molecule has 0 saturated heterocycles. The molecule has 39 heavy (non-hydrogen) atoms. The highest BCUT2D eigenvalue weighted by Gasteiger charge is 2.31. The number of rotatable bonds is 6. The molecule has 0 saturated carbocycles. The number of nitrogens with two attached hydrogens (primary N) is 1. The number of amides is 1. The van der Waals surface area contributed by atoms with Crippen molar-refractivity contribution in [2.75, 3.05) is 31.7 Å². The quantitative estimate of drug-likeness (QED) is 0.254. The number of hydrogen-bond donors (Lipinski definition) is 2. The number of halogens is 3. The van der Waals surface area contributed by atoms with Gasteiger partial charge in [0.05, 0.1) is 11.1 Å². The Morgan fingerprint density at radius 3 is 2.18 bits per heavy atom. The summed E-state index contributed by atoms with van der Waals surface area (Å²) in [7, 11) is 4.84. The highest BCUT2D eigenvalue weighted by atomic mass is 19.4. The fourth-order valence-corrected chi connectivity index (χ4v) is 4.03. The molecule has 0 bridgehead atoms. The van der Waals surface area contributed by atoms with Gasteiger partial charge in [0.2, 0.25) is 0 Å². The number of aldehydes is 1. The van der Waals surface area contributed by atoms with E-state index < -0.39 is 18.6 Å². The van der Waals surface area contributed by atoms with Gasteiger partial charge in [-0.25, -0.2) is 9.97 Å². The summed E-state index contributed by atoms with van der Waals surface area (Å²) in [5.41, 5.74) is 11.8. The first kappa shape index (κ1) is 28.9. The lowest BCUT2D eigenvalue weighted by Crippen LogP contribution is -2.35. The standard InChI is InChI=1S/C24H23F3N6O.C4H6O/c1-29-17-10-8-15(9-11-17)20-18(19-21(28)30-13-31-22(19)33(20)3)14-4-6-16(7-5-14)23(34)32(2)12-24(25,26)27;1-4(2)3-5/h4-11,13,29H,12H2,1-3H3,(H2,28,30,31);3H,1H2,2H3. The fraction of sp³-hybridized carbons (Fsp3) is 0.214. The molecule has 1 amide bonds. The van der Waals surface area contributed by atoms with E-state index in [0.717, 1.165) is 41.4 Å². The number of fused-ring (bicyclic) bond motifs is 1. The first-order valence-corrected chi connectivity index (χ1v) is 11.8. The average Bonchev–Trinajstić information content (AvgIpc) is 3.21. The van der Waals surface area contributed by atoms with E-state index in [4.69, 9.17) is 5.73 Å². The minimum absolute atomic E-state index is 0.153. The van der Waals surface area contributed by atoms with E-state index in [1.54, 1.807) is 19.1 Å². The average molecular weight is 539 g/mol. The zero-order valence-corrected chi connectivity index (χ0v) is 22.0. The highest BCUT2D eigenvalue weighted by Crippen LogP contribution is 2.41. The summed E-state index contributed by atoms with van der Waals surface area (Å²) in [5.74, 6) is -0.411. The van der Waals surface area contributed by atoms with E-state index in [1.165, 1.54) is 18.5 Å². The summed E-state index contributed by atoms with van der Waals surface area (Å²) in [4.78, 5) is 31.1. The molecule has 4 rings (SSSR count). The molecular weight excluding hydrogens is 509 g/mol. The van der Waals surface area contributed by atoms with Gasteiger partial charge >= 0.3 is 6.18 Å². The number of anilines is 2. The summed E-state index contributed by atoms with van der Waals surface area (Å²) in [6.07, 6.45) is -2.35. The number of allylic oxidation sites excluding steroid dienone is 1. The van der Waals surface area contributed by atoms with E-state index in [-0.39, 0.29) is 5.56 Å². The molecule has 0 aliphatic rings. The van der Waals surface area contributed by atoms with Crippen molar-refractivity contribution in [2.24, 2.45) is 7.05 Å². The van der Waals surface area contributed by atoms with Crippen LogP contribution in [0.5, 0.6) is 0 Å². The van der Waals surface area contributed by atoms with Crippen molar-refractivity contribution in [1.82, 2.24) is 19.4 Å². The van der Waals surface area contributed by atoms with Crippen LogP contribution < -0.4 is 11.1 Å². The largest absolute Gasteiger partial charge is 0.406 e. The maximum atomic E-state index is 12.7. The lowest BCUT2D eigenvalue weighted by Gasteiger charge is -2.19. The summed E-state index contributed by atoms with van der Waals surface area (Å²) >= 11 is 0. The summed E-state index contributed by atoms with van der Waals surface area (Å²) in [6, 6.07) is 14.2. The minimum atomic E-state index is -4.47. The van der Waals surface area contributed by atoms with E-state index in [0.29, 0.717) is 27.3 Å². The topological polar surface area (TPSA) is 106 Å². The lowest BCUT2D eigenvalue weighted by molar-refractivity contribution is -0.138. The molecule has 2 heterocycles. The molecule has 0 spiro atoms. The Bertz CT molecular complexity index is 1490. The number of carbonyl (C=O) groups excluding carboxylic acids is 2. The lowest BCUT2D eigenvalue weighted by atomic mass is 9.97. The van der Waals surface area contributed by atoms with Crippen LogP contribution in [0, 0.1) is 0 Å². The number of aryl methyl sites for hydroxylation is 1. The predicted octanol–water partition coefficient (Wildman–Crippen LogP) is 5.32. The maximum Gasteiger partial charge on any atom is 0.406 e. The van der Waals surface area contributed by atoms with E-state index in [1.807, 2.05) is 42.9 Å². The van der Waals surface area contributed by atoms with Gasteiger partial charge in [0.25, 0.3) is 5.91 Å². The molecule has 0 aliphatic carbocycles. The normalized spacial score (nSPS) is 10.9. The van der Waals surface area contributed by atoms with Crippen molar-refractivity contribution >= 4 is 34.7 Å². The second-order valence-electron chi connectivity index (χ2n) is 8.89. The van der Waals surface area contributed by atoms with Crippen molar-refractivity contribution < 1.29 is 22.8 Å². The van der Waals surface area contributed by atoms with Gasteiger partial charge in [0, 0.05) is 38.0 Å². The molecular formula is C28H29F3N6O2. The van der Waals surface area contributed by atoms with Crippen LogP contribution in [0.1, 0.15) is 17.3 Å². The third-order valence-electron chi connectivity index (χ3n) is 5.83. The van der Waals surface area contributed by atoms with Gasteiger partial charge in [0.15, 0.2) is 0 Å². The number of hydrogen-bond acceptors (Lipinski definition) is 6. The molecule has 0 atom stereocenters. The third-order valence-corrected chi connectivity index (χ3v) is 5.83. The number of aromatic nitrogens is 3. The first-order chi connectivity index (χ1) is 18.4. The summed E-state index contributed by atoms with van der Waals surface area (Å²) in [6.45, 7) is 3.64. The molecule has 2 aromatic heterocycles. The van der Waals surface area contributed by atoms with Crippen LogP contribution >= 0.6 is 0 Å². The van der Waals surface area contributed by atoms with Gasteiger partial charge in [-0.15, -0.1) is 0 Å². The molecule has 0 fully saturated rings. The Kier molecular flexibility index (Phi) is 8.74. The van der Waals surface area contributed by atoms with Gasteiger partial charge in [-0.05, 0) is 47.9 Å². The van der Waals surface area contributed by atoms with Crippen molar-refractivity contribution in [1.29, 1.82) is 0 Å². The molecule has 4 aromatic rings. The van der Waals surface area contributed by atoms with Crippen LogP contribution in [-0.2, 0) is 11.8 Å². The zero-order valence-electron chi connectivity index (χ0n) is 22.0. The number of benzene rings is 2. The number of alkyl halides is 3. The van der Waals surface area contributed by atoms with Gasteiger partial charge in [-0.1, -0.05) is 30.8 Å². The summed E-state index contributed by atoms with van der Waals surface area (Å²) < 4.78 is 40.0. The van der Waals surface area contributed by atoms with Crippen LogP contribution in [0.3, 0.4) is 0 Å². The van der Waals surface area contributed by atoms with Crippen LogP contribution in [0.25, 0.3) is 33.4 Å². The molecule has 0 unspecified atom stereocenters. The van der Waals surface area contributed by atoms with Crippen molar-refractivity contribution in [3.63, 3.8) is 0 Å². The highest BCUT2D eigenvalue weighted by molar-refractivity contribution is 6.08. The SMILES string of the molecule is C=C(C)C=O.CNc1ccc(-c2c(-c3ccc(C(=O)N(C)CC(F)(F)F)cc3)c3c(N)ncnc3n2C)cc1. The Hall–Kier alpha value is -4.67. The Balaban J connectivity index is 0.000000771. The van der Waals surface area contributed by atoms with Crippen molar-refractivity contribution in [2.45, 2.75) is 13.1 Å². The smallest absolute Gasteiger partial charge is 0.388 e. The molecule has 3 N–H and O–H groups in total. The molecule has 204 valence electrons. The molecule has 0 aliphatic heterocycles. The molecule has 0 radical (unpaired) electrons. The van der Waals surface area contributed by atoms with Crippen LogP contribution in [-0.4, -0.2) is 58.4 Å². The van der Waals surface area contributed by atoms with Crippen LogP contribution in [0.15, 0.2) is 67.0 Å². The van der Waals surface area contributed by atoms with Crippen LogP contribution in [0.2, 0.25) is 0 Å². The first-order valence-electron chi connectivity index (χ1n) is 11.8. The predicted molar refractivity (Wildman–Crippen MR) is 147 cm³/mol. The Labute approximate surface area is 224 Å². The van der Waals surface area contributed by atoms with Crippen molar-refractivity contribution in [3.05, 3.63) is 72.6 Å². The number of nitrogens with zero attached hydrogens (tertiary/aromatic N) is 4. The maximum absolute atomic E-state index is 12.7. The summed E-state index contributed by atoms with van der Waals surface area (Å²) in [5, 5.41) is 3.75. The second-order valence-corrected chi connectivity index (χ2v) is 8.89. The van der Waals surface area contributed by atoms with E-state index in [2.05, 4.69) is 21.9 Å². The minimum Gasteiger partial charge on any atom is -0.388 e. The van der Waals surface area contributed by atoms with Gasteiger partial charge < -0.3 is 20.5 Å². The second kappa shape index (κ2) is 11.8. The molecule has 11 heteroatoms. The van der Waals surface area contributed by atoms with Gasteiger partial charge in [-0.3, -0.25) is 9.59 Å². The van der Waals surface area contributed by atoms with E-state index in [9.17, 15) is 22.8 Å². The Morgan fingerprint density at radius 2 is 1.67 bits per heavy atom. The Morgan fingerprint density at radius 1 is 1.10 bits per heavy atom. The fourth-order valence-electron chi connectivity index (χ4n) is 4.03.